The minimum atomic E-state index is -0.265. The number of aromatic nitrogens is 1. The van der Waals surface area contributed by atoms with E-state index in [1.165, 1.54) is 37.9 Å². The van der Waals surface area contributed by atoms with Crippen LogP contribution < -0.4 is 5.32 Å². The van der Waals surface area contributed by atoms with Crippen LogP contribution in [0.1, 0.15) is 44.3 Å². The molecule has 3 heteroatoms. The lowest BCUT2D eigenvalue weighted by molar-refractivity contribution is 0.308. The SMILES string of the molecule is CC(NCC1CC2CCC1C2)c1ccc(F)cn1. The number of nitrogens with one attached hydrogen (secondary N) is 1. The van der Waals surface area contributed by atoms with Crippen LogP contribution in [0.4, 0.5) is 4.39 Å². The highest BCUT2D eigenvalue weighted by molar-refractivity contribution is 5.09. The third-order valence-electron chi connectivity index (χ3n) is 4.76. The molecule has 4 atom stereocenters. The summed E-state index contributed by atoms with van der Waals surface area (Å²) >= 11 is 0. The highest BCUT2D eigenvalue weighted by Crippen LogP contribution is 2.48. The maximum absolute atomic E-state index is 12.8. The van der Waals surface area contributed by atoms with Gasteiger partial charge in [-0.2, -0.15) is 0 Å². The van der Waals surface area contributed by atoms with Crippen LogP contribution in [0.25, 0.3) is 0 Å². The fraction of sp³-hybridized carbons (Fsp3) is 0.667. The Bertz CT molecular complexity index is 403. The van der Waals surface area contributed by atoms with Gasteiger partial charge in [0.25, 0.3) is 0 Å². The highest BCUT2D eigenvalue weighted by Gasteiger charge is 2.39. The van der Waals surface area contributed by atoms with Gasteiger partial charge in [-0.1, -0.05) is 6.42 Å². The lowest BCUT2D eigenvalue weighted by Gasteiger charge is -2.24. The van der Waals surface area contributed by atoms with E-state index in [1.807, 2.05) is 0 Å². The Hall–Kier alpha value is -0.960. The molecule has 2 bridgehead atoms. The zero-order chi connectivity index (χ0) is 12.5. The zero-order valence-electron chi connectivity index (χ0n) is 10.9. The number of hydrogen-bond donors (Lipinski definition) is 1. The normalized spacial score (nSPS) is 31.8. The van der Waals surface area contributed by atoms with E-state index in [0.29, 0.717) is 0 Å². The van der Waals surface area contributed by atoms with Crippen molar-refractivity contribution in [1.82, 2.24) is 10.3 Å². The maximum Gasteiger partial charge on any atom is 0.141 e. The average Bonchev–Trinajstić information content (AvgIpc) is 2.99. The van der Waals surface area contributed by atoms with Crippen molar-refractivity contribution in [3.63, 3.8) is 0 Å². The van der Waals surface area contributed by atoms with Crippen LogP contribution in [0.5, 0.6) is 0 Å². The van der Waals surface area contributed by atoms with Gasteiger partial charge in [0.2, 0.25) is 0 Å². The third kappa shape index (κ3) is 2.41. The molecule has 18 heavy (non-hydrogen) atoms. The summed E-state index contributed by atoms with van der Waals surface area (Å²) < 4.78 is 12.8. The molecule has 2 aliphatic carbocycles. The van der Waals surface area contributed by atoms with Crippen molar-refractivity contribution in [2.45, 2.75) is 38.6 Å². The number of fused-ring (bicyclic) bond motifs is 2. The summed E-state index contributed by atoms with van der Waals surface area (Å²) in [5.74, 6) is 2.54. The Labute approximate surface area is 108 Å². The zero-order valence-corrected chi connectivity index (χ0v) is 10.9. The summed E-state index contributed by atoms with van der Waals surface area (Å²) in [6.45, 7) is 3.19. The summed E-state index contributed by atoms with van der Waals surface area (Å²) in [6, 6.07) is 3.47. The molecule has 1 N–H and O–H groups in total. The van der Waals surface area contributed by atoms with Crippen LogP contribution in [0.3, 0.4) is 0 Å². The molecule has 0 radical (unpaired) electrons. The molecule has 2 fully saturated rings. The molecule has 1 aromatic heterocycles. The van der Waals surface area contributed by atoms with Gasteiger partial charge in [0.05, 0.1) is 11.9 Å². The molecule has 4 unspecified atom stereocenters. The lowest BCUT2D eigenvalue weighted by atomic mass is 9.88. The topological polar surface area (TPSA) is 24.9 Å². The van der Waals surface area contributed by atoms with Gasteiger partial charge in [-0.05, 0) is 62.6 Å². The molecule has 3 rings (SSSR count). The lowest BCUT2D eigenvalue weighted by Crippen LogP contribution is -2.29. The van der Waals surface area contributed by atoms with Gasteiger partial charge in [0, 0.05) is 6.04 Å². The first kappa shape index (κ1) is 12.1. The Morgan fingerprint density at radius 2 is 2.28 bits per heavy atom. The van der Waals surface area contributed by atoms with Crippen LogP contribution in [0, 0.1) is 23.6 Å². The average molecular weight is 248 g/mol. The van der Waals surface area contributed by atoms with E-state index in [2.05, 4.69) is 17.2 Å². The number of nitrogens with zero attached hydrogens (tertiary/aromatic N) is 1. The Morgan fingerprint density at radius 3 is 2.89 bits per heavy atom. The molecule has 2 saturated carbocycles. The molecule has 0 amide bonds. The van der Waals surface area contributed by atoms with Crippen LogP contribution in [0.2, 0.25) is 0 Å². The van der Waals surface area contributed by atoms with Crippen molar-refractivity contribution in [2.24, 2.45) is 17.8 Å². The standard InChI is InChI=1S/C15H21FN2/c1-10(15-5-4-14(16)9-18-15)17-8-13-7-11-2-3-12(13)6-11/h4-5,9-13,17H,2-3,6-8H2,1H3. The monoisotopic (exact) mass is 248 g/mol. The number of rotatable bonds is 4. The molecule has 0 aromatic carbocycles. The Morgan fingerprint density at radius 1 is 1.39 bits per heavy atom. The number of pyridine rings is 1. The summed E-state index contributed by atoms with van der Waals surface area (Å²) in [6.07, 6.45) is 7.04. The number of hydrogen-bond acceptors (Lipinski definition) is 2. The molecule has 1 aromatic rings. The summed E-state index contributed by atoms with van der Waals surface area (Å²) in [4.78, 5) is 4.13. The van der Waals surface area contributed by atoms with E-state index in [9.17, 15) is 4.39 Å². The molecule has 0 aliphatic heterocycles. The van der Waals surface area contributed by atoms with Gasteiger partial charge in [-0.25, -0.2) is 4.39 Å². The predicted octanol–water partition coefficient (Wildman–Crippen LogP) is 3.31. The molecule has 0 saturated heterocycles. The largest absolute Gasteiger partial charge is 0.309 e. The molecule has 2 aliphatic rings. The Kier molecular flexibility index (Phi) is 3.33. The maximum atomic E-state index is 12.8. The van der Waals surface area contributed by atoms with Crippen molar-refractivity contribution in [3.8, 4) is 0 Å². The number of halogens is 1. The third-order valence-corrected chi connectivity index (χ3v) is 4.76. The van der Waals surface area contributed by atoms with E-state index < -0.39 is 0 Å². The van der Waals surface area contributed by atoms with Crippen molar-refractivity contribution in [3.05, 3.63) is 29.8 Å². The van der Waals surface area contributed by atoms with Crippen molar-refractivity contribution in [1.29, 1.82) is 0 Å². The van der Waals surface area contributed by atoms with E-state index in [1.54, 1.807) is 6.07 Å². The molecular formula is C15H21FN2. The van der Waals surface area contributed by atoms with Crippen LogP contribution in [0.15, 0.2) is 18.3 Å². The predicted molar refractivity (Wildman–Crippen MR) is 69.6 cm³/mol. The molecule has 0 spiro atoms. The summed E-state index contributed by atoms with van der Waals surface area (Å²) in [5.41, 5.74) is 0.930. The fourth-order valence-electron chi connectivity index (χ4n) is 3.70. The summed E-state index contributed by atoms with van der Waals surface area (Å²) in [7, 11) is 0. The second-order valence-corrected chi connectivity index (χ2v) is 5.97. The second kappa shape index (κ2) is 4.96. The first-order valence-corrected chi connectivity index (χ1v) is 7.07. The van der Waals surface area contributed by atoms with Gasteiger partial charge in [-0.15, -0.1) is 0 Å². The first-order chi connectivity index (χ1) is 8.72. The van der Waals surface area contributed by atoms with Crippen molar-refractivity contribution in [2.75, 3.05) is 6.54 Å². The van der Waals surface area contributed by atoms with Crippen LogP contribution >= 0.6 is 0 Å². The highest BCUT2D eigenvalue weighted by atomic mass is 19.1. The minimum Gasteiger partial charge on any atom is -0.309 e. The van der Waals surface area contributed by atoms with Gasteiger partial charge < -0.3 is 5.32 Å². The molecule has 1 heterocycles. The summed E-state index contributed by atoms with van der Waals surface area (Å²) in [5, 5.41) is 3.56. The van der Waals surface area contributed by atoms with Crippen LogP contribution in [-0.2, 0) is 0 Å². The van der Waals surface area contributed by atoms with E-state index in [-0.39, 0.29) is 11.9 Å². The molecule has 98 valence electrons. The molecule has 2 nitrogen and oxygen atoms in total. The van der Waals surface area contributed by atoms with Gasteiger partial charge in [0.15, 0.2) is 0 Å². The first-order valence-electron chi connectivity index (χ1n) is 7.07. The molecular weight excluding hydrogens is 227 g/mol. The van der Waals surface area contributed by atoms with Crippen molar-refractivity contribution >= 4 is 0 Å². The van der Waals surface area contributed by atoms with Crippen LogP contribution in [-0.4, -0.2) is 11.5 Å². The Balaban J connectivity index is 1.52. The quantitative estimate of drug-likeness (QED) is 0.884. The fourth-order valence-corrected chi connectivity index (χ4v) is 3.70. The van der Waals surface area contributed by atoms with Gasteiger partial charge in [-0.3, -0.25) is 4.98 Å². The van der Waals surface area contributed by atoms with Gasteiger partial charge >= 0.3 is 0 Å². The second-order valence-electron chi connectivity index (χ2n) is 5.97. The van der Waals surface area contributed by atoms with E-state index in [4.69, 9.17) is 0 Å². The van der Waals surface area contributed by atoms with E-state index in [0.717, 1.165) is 30.0 Å². The minimum absolute atomic E-state index is 0.213. The van der Waals surface area contributed by atoms with Gasteiger partial charge in [0.1, 0.15) is 5.82 Å². The van der Waals surface area contributed by atoms with Crippen molar-refractivity contribution < 1.29 is 4.39 Å². The van der Waals surface area contributed by atoms with E-state index >= 15 is 0 Å². The smallest absolute Gasteiger partial charge is 0.141 e.